The van der Waals surface area contributed by atoms with Crippen LogP contribution < -0.4 is 0 Å². The van der Waals surface area contributed by atoms with E-state index in [1.165, 1.54) is 5.29 Å². The van der Waals surface area contributed by atoms with Gasteiger partial charge in [0.15, 0.2) is 0 Å². The van der Waals surface area contributed by atoms with Crippen LogP contribution in [0, 0.1) is 15.0 Å². The number of nitroso groups, excluding NO2 is 1. The molecular formula is C7H4F3N3O5S. The molecule has 1 aromatic rings. The highest BCUT2D eigenvalue weighted by Crippen LogP contribution is 2.29. The molecule has 8 nitrogen and oxygen atoms in total. The molecule has 0 aliphatic heterocycles. The van der Waals surface area contributed by atoms with Crippen LogP contribution in [0.15, 0.2) is 34.4 Å². The average molecular weight is 299 g/mol. The van der Waals surface area contributed by atoms with E-state index in [4.69, 9.17) is 0 Å². The molecular weight excluding hydrogens is 295 g/mol. The lowest BCUT2D eigenvalue weighted by molar-refractivity contribution is -0.384. The van der Waals surface area contributed by atoms with Gasteiger partial charge in [0.1, 0.15) is 0 Å². The number of benzene rings is 1. The van der Waals surface area contributed by atoms with Gasteiger partial charge in [-0.05, 0) is 12.1 Å². The molecule has 0 bridgehead atoms. The summed E-state index contributed by atoms with van der Waals surface area (Å²) in [4.78, 5) is 18.5. The summed E-state index contributed by atoms with van der Waals surface area (Å²) in [6, 6.07) is 2.51. The summed E-state index contributed by atoms with van der Waals surface area (Å²) in [5.74, 6) is 0. The Morgan fingerprint density at radius 3 is 2.00 bits per heavy atom. The Kier molecular flexibility index (Phi) is 3.74. The van der Waals surface area contributed by atoms with Crippen molar-refractivity contribution < 1.29 is 26.5 Å². The summed E-state index contributed by atoms with van der Waals surface area (Å²) in [6.45, 7) is 0. The number of sulfonamides is 1. The van der Waals surface area contributed by atoms with Crippen molar-refractivity contribution in [3.63, 3.8) is 0 Å². The first kappa shape index (κ1) is 14.8. The number of rotatable bonds is 4. The zero-order chi connectivity index (χ0) is 14.8. The van der Waals surface area contributed by atoms with Crippen LogP contribution in [0.1, 0.15) is 0 Å². The minimum Gasteiger partial charge on any atom is -0.258 e. The van der Waals surface area contributed by atoms with E-state index in [1.54, 1.807) is 0 Å². The SMILES string of the molecule is O=NN(C(F)(F)F)S(=O)(=O)c1ccc([N+](=O)[O-])cc1. The molecule has 0 aromatic heterocycles. The van der Waals surface area contributed by atoms with Crippen molar-refractivity contribution in [2.45, 2.75) is 11.2 Å². The second-order valence-electron chi connectivity index (χ2n) is 3.05. The molecule has 19 heavy (non-hydrogen) atoms. The van der Waals surface area contributed by atoms with Gasteiger partial charge in [-0.15, -0.1) is 18.1 Å². The lowest BCUT2D eigenvalue weighted by Crippen LogP contribution is -2.38. The molecule has 1 aromatic carbocycles. The van der Waals surface area contributed by atoms with Gasteiger partial charge >= 0.3 is 6.30 Å². The molecule has 104 valence electrons. The minimum atomic E-state index is -5.53. The van der Waals surface area contributed by atoms with Crippen LogP contribution in [0.2, 0.25) is 0 Å². The second kappa shape index (κ2) is 4.79. The van der Waals surface area contributed by atoms with E-state index < -0.39 is 36.2 Å². The molecule has 1 rings (SSSR count). The van der Waals surface area contributed by atoms with Crippen LogP contribution in [0.4, 0.5) is 18.9 Å². The van der Waals surface area contributed by atoms with Crippen molar-refractivity contribution in [1.82, 2.24) is 4.41 Å². The second-order valence-corrected chi connectivity index (χ2v) is 4.82. The Hall–Kier alpha value is -2.24. The van der Waals surface area contributed by atoms with Gasteiger partial charge in [0.05, 0.1) is 15.1 Å². The number of nitro benzene ring substituents is 1. The van der Waals surface area contributed by atoms with E-state index in [1.807, 2.05) is 0 Å². The van der Waals surface area contributed by atoms with E-state index in [0.29, 0.717) is 24.3 Å². The molecule has 0 aliphatic carbocycles. The van der Waals surface area contributed by atoms with E-state index in [2.05, 4.69) is 0 Å². The summed E-state index contributed by atoms with van der Waals surface area (Å²) in [5, 5.41) is 11.7. The smallest absolute Gasteiger partial charge is 0.258 e. The van der Waals surface area contributed by atoms with Crippen molar-refractivity contribution in [3.05, 3.63) is 39.3 Å². The molecule has 0 saturated carbocycles. The Morgan fingerprint density at radius 1 is 1.21 bits per heavy atom. The van der Waals surface area contributed by atoms with Gasteiger partial charge in [0.25, 0.3) is 15.7 Å². The number of alkyl halides is 3. The molecule has 0 atom stereocenters. The standard InChI is InChI=1S/C7H4F3N3O5S/c8-7(9,10)13(11-14)19(17,18)6-3-1-5(2-4-6)12(15)16/h1-4H. The molecule has 0 fully saturated rings. The quantitative estimate of drug-likeness (QED) is 0.364. The molecule has 0 N–H and O–H groups in total. The number of nitro groups is 1. The van der Waals surface area contributed by atoms with Crippen molar-refractivity contribution in [1.29, 1.82) is 0 Å². The fourth-order valence-corrected chi connectivity index (χ4v) is 2.11. The summed E-state index contributed by atoms with van der Waals surface area (Å²) in [5.41, 5.74) is -0.517. The normalized spacial score (nSPS) is 11.9. The minimum absolute atomic E-state index is 0.517. The van der Waals surface area contributed by atoms with Crippen LogP contribution in [0.25, 0.3) is 0 Å². The highest BCUT2D eigenvalue weighted by molar-refractivity contribution is 7.89. The number of non-ortho nitro benzene ring substituents is 1. The molecule has 12 heteroatoms. The van der Waals surface area contributed by atoms with Crippen molar-refractivity contribution in [3.8, 4) is 0 Å². The van der Waals surface area contributed by atoms with Crippen LogP contribution in [-0.4, -0.2) is 24.1 Å². The van der Waals surface area contributed by atoms with Gasteiger partial charge in [-0.2, -0.15) is 8.42 Å². The predicted molar refractivity (Wildman–Crippen MR) is 54.0 cm³/mol. The van der Waals surface area contributed by atoms with Gasteiger partial charge in [0.2, 0.25) is 0 Å². The molecule has 0 aliphatic rings. The van der Waals surface area contributed by atoms with Crippen molar-refractivity contribution >= 4 is 15.7 Å². The third-order valence-electron chi connectivity index (χ3n) is 1.86. The van der Waals surface area contributed by atoms with E-state index in [9.17, 15) is 36.6 Å². The zero-order valence-electron chi connectivity index (χ0n) is 8.73. The summed E-state index contributed by atoms with van der Waals surface area (Å²) in [6.07, 6.45) is -5.53. The van der Waals surface area contributed by atoms with Gasteiger partial charge in [0, 0.05) is 12.1 Å². The first-order valence-corrected chi connectivity index (χ1v) is 5.74. The monoisotopic (exact) mass is 299 g/mol. The number of halogens is 3. The zero-order valence-corrected chi connectivity index (χ0v) is 9.55. The largest absolute Gasteiger partial charge is 0.517 e. The summed E-state index contributed by atoms with van der Waals surface area (Å²) < 4.78 is 58.1. The van der Waals surface area contributed by atoms with E-state index >= 15 is 0 Å². The summed E-state index contributed by atoms with van der Waals surface area (Å²) in [7, 11) is -5.24. The fraction of sp³-hybridized carbons (Fsp3) is 0.143. The Balaban J connectivity index is 3.27. The third-order valence-corrected chi connectivity index (χ3v) is 3.46. The van der Waals surface area contributed by atoms with Crippen molar-refractivity contribution in [2.24, 2.45) is 5.29 Å². The maximum Gasteiger partial charge on any atom is 0.517 e. The van der Waals surface area contributed by atoms with Crippen LogP contribution >= 0.6 is 0 Å². The third kappa shape index (κ3) is 2.96. The lowest BCUT2D eigenvalue weighted by Gasteiger charge is -2.17. The van der Waals surface area contributed by atoms with Crippen LogP contribution in [0.3, 0.4) is 0 Å². The van der Waals surface area contributed by atoms with Gasteiger partial charge in [-0.25, -0.2) is 0 Å². The molecule has 0 radical (unpaired) electrons. The number of nitrogens with zero attached hydrogens (tertiary/aromatic N) is 3. The predicted octanol–water partition coefficient (Wildman–Crippen LogP) is 1.79. The average Bonchev–Trinajstić information content (AvgIpc) is 2.27. The Labute approximate surface area is 103 Å². The first-order valence-electron chi connectivity index (χ1n) is 4.30. The van der Waals surface area contributed by atoms with E-state index in [-0.39, 0.29) is 0 Å². The van der Waals surface area contributed by atoms with Crippen molar-refractivity contribution in [2.75, 3.05) is 0 Å². The Morgan fingerprint density at radius 2 is 1.68 bits per heavy atom. The van der Waals surface area contributed by atoms with Gasteiger partial charge in [-0.3, -0.25) is 10.1 Å². The molecule has 0 amide bonds. The highest BCUT2D eigenvalue weighted by Gasteiger charge is 2.47. The molecule has 0 unspecified atom stereocenters. The molecule has 0 spiro atoms. The van der Waals surface area contributed by atoms with Gasteiger partial charge < -0.3 is 0 Å². The maximum absolute atomic E-state index is 12.3. The summed E-state index contributed by atoms with van der Waals surface area (Å²) >= 11 is 0. The van der Waals surface area contributed by atoms with Crippen LogP contribution in [-0.2, 0) is 10.0 Å². The number of hydrogen-bond donors (Lipinski definition) is 0. The molecule has 0 saturated heterocycles. The van der Waals surface area contributed by atoms with E-state index in [0.717, 1.165) is 0 Å². The fourth-order valence-electron chi connectivity index (χ4n) is 1.07. The first-order chi connectivity index (χ1) is 8.60. The molecule has 0 heterocycles. The lowest BCUT2D eigenvalue weighted by atomic mass is 10.3. The van der Waals surface area contributed by atoms with Crippen LogP contribution in [0.5, 0.6) is 0 Å². The maximum atomic E-state index is 12.3. The Bertz CT molecular complexity index is 597. The van der Waals surface area contributed by atoms with Gasteiger partial charge in [-0.1, -0.05) is 4.41 Å². The number of hydrogen-bond acceptors (Lipinski definition) is 6. The topological polar surface area (TPSA) is 110 Å². The highest BCUT2D eigenvalue weighted by atomic mass is 32.2.